The predicted molar refractivity (Wildman–Crippen MR) is 64.7 cm³/mol. The first-order valence-corrected chi connectivity index (χ1v) is 5.89. The topological polar surface area (TPSA) is 26.3 Å². The Hall–Kier alpha value is -2.23. The van der Waals surface area contributed by atoms with Gasteiger partial charge in [-0.05, 0) is 17.2 Å². The van der Waals surface area contributed by atoms with E-state index in [-0.39, 0.29) is 12.0 Å². The maximum Gasteiger partial charge on any atom is 0.342 e. The Kier molecular flexibility index (Phi) is 2.78. The van der Waals surface area contributed by atoms with Crippen LogP contribution in [0.25, 0.3) is 0 Å². The molecule has 2 aromatic carbocycles. The van der Waals surface area contributed by atoms with Gasteiger partial charge in [-0.15, -0.1) is 0 Å². The lowest BCUT2D eigenvalue weighted by Crippen LogP contribution is -2.23. The van der Waals surface area contributed by atoms with E-state index in [0.717, 1.165) is 5.56 Å². The third-order valence-corrected chi connectivity index (χ3v) is 3.17. The first-order valence-electron chi connectivity index (χ1n) is 5.89. The molecule has 0 spiro atoms. The molecule has 0 N–H and O–H groups in total. The molecule has 0 aliphatic carbocycles. The zero-order chi connectivity index (χ0) is 13.4. The van der Waals surface area contributed by atoms with E-state index in [4.69, 9.17) is 4.74 Å². The van der Waals surface area contributed by atoms with Crippen LogP contribution in [-0.2, 0) is 11.2 Å². The van der Waals surface area contributed by atoms with Crippen molar-refractivity contribution in [3.05, 3.63) is 70.8 Å². The minimum atomic E-state index is -0.869. The van der Waals surface area contributed by atoms with Crippen molar-refractivity contribution in [1.82, 2.24) is 0 Å². The molecule has 96 valence electrons. The summed E-state index contributed by atoms with van der Waals surface area (Å²) in [4.78, 5) is 11.8. The molecule has 19 heavy (non-hydrogen) atoms. The zero-order valence-corrected chi connectivity index (χ0v) is 9.90. The summed E-state index contributed by atoms with van der Waals surface area (Å²) in [6, 6.07) is 11.0. The van der Waals surface area contributed by atoms with Gasteiger partial charge in [0.1, 0.15) is 17.7 Å². The van der Waals surface area contributed by atoms with E-state index in [1.807, 2.05) is 30.3 Å². The number of halogens is 2. The summed E-state index contributed by atoms with van der Waals surface area (Å²) in [5, 5.41) is 0. The fourth-order valence-electron chi connectivity index (χ4n) is 2.30. The van der Waals surface area contributed by atoms with Gasteiger partial charge in [-0.2, -0.15) is 0 Å². The molecule has 3 rings (SSSR count). The lowest BCUT2D eigenvalue weighted by atomic mass is 9.94. The molecule has 0 aromatic heterocycles. The summed E-state index contributed by atoms with van der Waals surface area (Å²) in [6.07, 6.45) is -0.220. The fraction of sp³-hybridized carbons (Fsp3) is 0.133. The van der Waals surface area contributed by atoms with Gasteiger partial charge >= 0.3 is 5.97 Å². The summed E-state index contributed by atoms with van der Waals surface area (Å²) >= 11 is 0. The summed E-state index contributed by atoms with van der Waals surface area (Å²) < 4.78 is 32.0. The van der Waals surface area contributed by atoms with Crippen LogP contribution in [0.15, 0.2) is 42.5 Å². The second-order valence-corrected chi connectivity index (χ2v) is 4.43. The van der Waals surface area contributed by atoms with Crippen LogP contribution in [0.3, 0.4) is 0 Å². The van der Waals surface area contributed by atoms with Crippen molar-refractivity contribution in [3.8, 4) is 0 Å². The average Bonchev–Trinajstić information content (AvgIpc) is 2.38. The second-order valence-electron chi connectivity index (χ2n) is 4.43. The van der Waals surface area contributed by atoms with Crippen molar-refractivity contribution in [2.75, 3.05) is 0 Å². The van der Waals surface area contributed by atoms with E-state index in [1.54, 1.807) is 0 Å². The molecule has 1 unspecified atom stereocenters. The van der Waals surface area contributed by atoms with Crippen LogP contribution in [0.2, 0.25) is 0 Å². The van der Waals surface area contributed by atoms with Crippen LogP contribution in [-0.4, -0.2) is 5.97 Å². The maximum atomic E-state index is 13.6. The molecular formula is C15H10F2O2. The Bertz CT molecular complexity index is 638. The Balaban J connectivity index is 2.03. The molecule has 0 fully saturated rings. The number of fused-ring (bicyclic) bond motifs is 1. The molecule has 1 aliphatic rings. The number of benzene rings is 2. The highest BCUT2D eigenvalue weighted by Gasteiger charge is 2.30. The van der Waals surface area contributed by atoms with Gasteiger partial charge in [-0.1, -0.05) is 30.3 Å². The van der Waals surface area contributed by atoms with E-state index in [9.17, 15) is 13.6 Å². The molecule has 0 amide bonds. The monoisotopic (exact) mass is 260 g/mol. The fourth-order valence-corrected chi connectivity index (χ4v) is 2.30. The van der Waals surface area contributed by atoms with E-state index in [0.29, 0.717) is 11.6 Å². The van der Waals surface area contributed by atoms with Crippen molar-refractivity contribution >= 4 is 5.97 Å². The Morgan fingerprint density at radius 3 is 2.58 bits per heavy atom. The van der Waals surface area contributed by atoms with Gasteiger partial charge in [0, 0.05) is 12.5 Å². The lowest BCUT2D eigenvalue weighted by molar-refractivity contribution is 0.0245. The smallest absolute Gasteiger partial charge is 0.342 e. The molecule has 0 radical (unpaired) electrons. The molecule has 1 heterocycles. The number of cyclic esters (lactones) is 1. The number of esters is 1. The van der Waals surface area contributed by atoms with Crippen LogP contribution in [0, 0.1) is 11.6 Å². The second kappa shape index (κ2) is 4.46. The van der Waals surface area contributed by atoms with Gasteiger partial charge in [0.15, 0.2) is 0 Å². The van der Waals surface area contributed by atoms with Crippen molar-refractivity contribution in [2.45, 2.75) is 12.5 Å². The minimum absolute atomic E-state index is 0.159. The van der Waals surface area contributed by atoms with Gasteiger partial charge in [0.05, 0.1) is 5.56 Å². The van der Waals surface area contributed by atoms with Gasteiger partial charge in [0.25, 0.3) is 0 Å². The minimum Gasteiger partial charge on any atom is -0.453 e. The molecule has 1 aliphatic heterocycles. The van der Waals surface area contributed by atoms with E-state index in [1.165, 1.54) is 6.07 Å². The summed E-state index contributed by atoms with van der Waals surface area (Å²) in [5.74, 6) is -2.29. The largest absolute Gasteiger partial charge is 0.453 e. The summed E-state index contributed by atoms with van der Waals surface area (Å²) in [6.45, 7) is 0. The highest BCUT2D eigenvalue weighted by molar-refractivity contribution is 5.92. The molecule has 0 bridgehead atoms. The van der Waals surface area contributed by atoms with Crippen LogP contribution in [0.4, 0.5) is 8.78 Å². The van der Waals surface area contributed by atoms with Gasteiger partial charge in [-0.25, -0.2) is 13.6 Å². The van der Waals surface area contributed by atoms with E-state index < -0.39 is 23.7 Å². The van der Waals surface area contributed by atoms with Gasteiger partial charge < -0.3 is 4.74 Å². The molecular weight excluding hydrogens is 250 g/mol. The predicted octanol–water partition coefficient (Wildman–Crippen LogP) is 3.42. The number of carbonyl (C=O) groups excluding carboxylic acids is 1. The number of hydrogen-bond acceptors (Lipinski definition) is 2. The Morgan fingerprint density at radius 1 is 1.11 bits per heavy atom. The van der Waals surface area contributed by atoms with Crippen LogP contribution < -0.4 is 0 Å². The van der Waals surface area contributed by atoms with Crippen molar-refractivity contribution in [1.29, 1.82) is 0 Å². The quantitative estimate of drug-likeness (QED) is 0.734. The van der Waals surface area contributed by atoms with Crippen LogP contribution in [0.5, 0.6) is 0 Å². The first-order chi connectivity index (χ1) is 9.15. The van der Waals surface area contributed by atoms with Crippen molar-refractivity contribution in [3.63, 3.8) is 0 Å². The van der Waals surface area contributed by atoms with Crippen molar-refractivity contribution in [2.24, 2.45) is 0 Å². The SMILES string of the molecule is O=C1OC(c2ccccc2)Cc2cc(F)cc(F)c21. The lowest BCUT2D eigenvalue weighted by Gasteiger charge is -2.25. The average molecular weight is 260 g/mol. The van der Waals surface area contributed by atoms with Crippen LogP contribution >= 0.6 is 0 Å². The highest BCUT2D eigenvalue weighted by atomic mass is 19.1. The number of ether oxygens (including phenoxy) is 1. The number of hydrogen-bond donors (Lipinski definition) is 0. The molecule has 0 saturated heterocycles. The molecule has 4 heteroatoms. The van der Waals surface area contributed by atoms with E-state index >= 15 is 0 Å². The molecule has 1 atom stereocenters. The normalized spacial score (nSPS) is 17.8. The molecule has 0 saturated carbocycles. The molecule has 2 nitrogen and oxygen atoms in total. The Morgan fingerprint density at radius 2 is 1.84 bits per heavy atom. The molecule has 2 aromatic rings. The third kappa shape index (κ3) is 2.10. The van der Waals surface area contributed by atoms with Gasteiger partial charge in [0.2, 0.25) is 0 Å². The van der Waals surface area contributed by atoms with Crippen molar-refractivity contribution < 1.29 is 18.3 Å². The van der Waals surface area contributed by atoms with Gasteiger partial charge in [-0.3, -0.25) is 0 Å². The Labute approximate surface area is 108 Å². The first kappa shape index (κ1) is 11.8. The number of rotatable bonds is 1. The highest BCUT2D eigenvalue weighted by Crippen LogP contribution is 2.32. The maximum absolute atomic E-state index is 13.6. The zero-order valence-electron chi connectivity index (χ0n) is 9.90. The van der Waals surface area contributed by atoms with E-state index in [2.05, 4.69) is 0 Å². The standard InChI is InChI=1S/C15H10F2O2/c16-11-6-10-7-13(9-4-2-1-3-5-9)19-15(18)14(10)12(17)8-11/h1-6,8,13H,7H2. The third-order valence-electron chi connectivity index (χ3n) is 3.17. The number of carbonyl (C=O) groups is 1. The summed E-state index contributed by atoms with van der Waals surface area (Å²) in [7, 11) is 0. The summed E-state index contributed by atoms with van der Waals surface area (Å²) in [5.41, 5.74) is 1.00. The van der Waals surface area contributed by atoms with Crippen LogP contribution in [0.1, 0.15) is 27.6 Å².